The highest BCUT2D eigenvalue weighted by Crippen LogP contribution is 2.02. The van der Waals surface area contributed by atoms with Crippen LogP contribution < -0.4 is 10.6 Å². The Morgan fingerprint density at radius 3 is 2.94 bits per heavy atom. The van der Waals surface area contributed by atoms with Crippen LogP contribution in [0.4, 0.5) is 0 Å². The fraction of sp³-hybridized carbons (Fsp3) is 0.250. The molecule has 8 heteroatoms. The SMILES string of the molecule is CN/C(=N\[N+](=O)[O-])NCc1ccc(I)nc1. The maximum Gasteiger partial charge on any atom is 0.268 e. The second-order valence-electron chi connectivity index (χ2n) is 2.78. The van der Waals surface area contributed by atoms with Gasteiger partial charge in [0.2, 0.25) is 0 Å². The first-order valence-electron chi connectivity index (χ1n) is 4.37. The number of nitrogens with one attached hydrogen (secondary N) is 2. The van der Waals surface area contributed by atoms with Crippen LogP contribution in [0.3, 0.4) is 0 Å². The Bertz CT molecular complexity index is 392. The molecule has 0 spiro atoms. The van der Waals surface area contributed by atoms with E-state index in [2.05, 4.69) is 43.3 Å². The second-order valence-corrected chi connectivity index (χ2v) is 3.88. The van der Waals surface area contributed by atoms with Crippen molar-refractivity contribution in [3.05, 3.63) is 37.7 Å². The van der Waals surface area contributed by atoms with E-state index in [4.69, 9.17) is 0 Å². The van der Waals surface area contributed by atoms with Crippen LogP contribution in [0.15, 0.2) is 23.4 Å². The van der Waals surface area contributed by atoms with Gasteiger partial charge in [-0.25, -0.2) is 15.1 Å². The molecule has 0 saturated carbocycles. The largest absolute Gasteiger partial charge is 0.354 e. The molecule has 0 radical (unpaired) electrons. The van der Waals surface area contributed by atoms with E-state index in [1.165, 1.54) is 0 Å². The molecule has 0 aliphatic carbocycles. The molecule has 16 heavy (non-hydrogen) atoms. The van der Waals surface area contributed by atoms with Crippen molar-refractivity contribution in [3.63, 3.8) is 0 Å². The molecule has 7 nitrogen and oxygen atoms in total. The number of nitrogens with zero attached hydrogens (tertiary/aromatic N) is 3. The minimum Gasteiger partial charge on any atom is -0.354 e. The maximum atomic E-state index is 10.1. The Kier molecular flexibility index (Phi) is 4.89. The van der Waals surface area contributed by atoms with Gasteiger partial charge < -0.3 is 10.6 Å². The summed E-state index contributed by atoms with van der Waals surface area (Å²) in [5.74, 6) is 0.114. The topological polar surface area (TPSA) is 92.5 Å². The molecule has 0 saturated heterocycles. The fourth-order valence-corrected chi connectivity index (χ4v) is 1.27. The zero-order valence-corrected chi connectivity index (χ0v) is 10.6. The van der Waals surface area contributed by atoms with E-state index in [0.29, 0.717) is 6.54 Å². The molecule has 0 atom stereocenters. The Labute approximate surface area is 106 Å². The lowest BCUT2D eigenvalue weighted by Crippen LogP contribution is -2.35. The van der Waals surface area contributed by atoms with Crippen molar-refractivity contribution in [1.82, 2.24) is 15.6 Å². The molecule has 0 aromatic carbocycles. The minimum atomic E-state index is -0.759. The number of hydrazone groups is 1. The van der Waals surface area contributed by atoms with E-state index < -0.39 is 5.03 Å². The molecular weight excluding hydrogens is 325 g/mol. The van der Waals surface area contributed by atoms with Crippen LogP contribution in [0.2, 0.25) is 0 Å². The van der Waals surface area contributed by atoms with Crippen LogP contribution in [-0.2, 0) is 6.54 Å². The zero-order valence-electron chi connectivity index (χ0n) is 8.48. The van der Waals surface area contributed by atoms with Crippen molar-refractivity contribution in [2.45, 2.75) is 6.54 Å². The predicted molar refractivity (Wildman–Crippen MR) is 67.3 cm³/mol. The highest BCUT2D eigenvalue weighted by molar-refractivity contribution is 14.1. The summed E-state index contributed by atoms with van der Waals surface area (Å²) < 4.78 is 0.897. The summed E-state index contributed by atoms with van der Waals surface area (Å²) in [4.78, 5) is 14.2. The first kappa shape index (κ1) is 12.6. The van der Waals surface area contributed by atoms with Gasteiger partial charge in [0.05, 0.1) is 0 Å². The van der Waals surface area contributed by atoms with Gasteiger partial charge in [-0.05, 0) is 34.2 Å². The lowest BCUT2D eigenvalue weighted by atomic mass is 10.3. The Hall–Kier alpha value is -1.45. The van der Waals surface area contributed by atoms with Gasteiger partial charge >= 0.3 is 0 Å². The summed E-state index contributed by atoms with van der Waals surface area (Å²) in [7, 11) is 1.56. The number of pyridine rings is 1. The third-order valence-corrected chi connectivity index (χ3v) is 2.31. The second kappa shape index (κ2) is 6.20. The van der Waals surface area contributed by atoms with Crippen LogP contribution in [0.25, 0.3) is 0 Å². The molecule has 1 rings (SSSR count). The molecule has 1 aromatic rings. The molecule has 1 heterocycles. The van der Waals surface area contributed by atoms with Gasteiger partial charge in [0.15, 0.2) is 5.03 Å². The summed E-state index contributed by atoms with van der Waals surface area (Å²) >= 11 is 2.10. The minimum absolute atomic E-state index is 0.114. The number of nitro groups is 1. The van der Waals surface area contributed by atoms with E-state index >= 15 is 0 Å². The van der Waals surface area contributed by atoms with Gasteiger partial charge in [0, 0.05) is 19.8 Å². The third-order valence-electron chi connectivity index (χ3n) is 1.67. The molecule has 0 fully saturated rings. The summed E-state index contributed by atoms with van der Waals surface area (Å²) in [6, 6.07) is 3.75. The lowest BCUT2D eigenvalue weighted by molar-refractivity contribution is -0.485. The molecule has 0 bridgehead atoms. The van der Waals surface area contributed by atoms with E-state index in [9.17, 15) is 10.1 Å². The van der Waals surface area contributed by atoms with Crippen molar-refractivity contribution in [3.8, 4) is 0 Å². The Morgan fingerprint density at radius 1 is 1.69 bits per heavy atom. The van der Waals surface area contributed by atoms with Crippen molar-refractivity contribution in [2.75, 3.05) is 7.05 Å². The molecule has 1 aromatic heterocycles. The number of rotatable bonds is 3. The van der Waals surface area contributed by atoms with Crippen LogP contribution in [0.5, 0.6) is 0 Å². The average molecular weight is 335 g/mol. The molecule has 0 aliphatic rings. The van der Waals surface area contributed by atoms with Gasteiger partial charge in [-0.2, -0.15) is 0 Å². The molecule has 2 N–H and O–H groups in total. The zero-order chi connectivity index (χ0) is 12.0. The first-order chi connectivity index (χ1) is 7.61. The Balaban J connectivity index is 2.56. The lowest BCUT2D eigenvalue weighted by Gasteiger charge is -2.05. The van der Waals surface area contributed by atoms with Crippen molar-refractivity contribution >= 4 is 28.6 Å². The summed E-state index contributed by atoms with van der Waals surface area (Å²) in [6.45, 7) is 0.428. The van der Waals surface area contributed by atoms with Crippen molar-refractivity contribution in [2.24, 2.45) is 5.10 Å². The number of aromatic nitrogens is 1. The van der Waals surface area contributed by atoms with Crippen molar-refractivity contribution < 1.29 is 5.03 Å². The van der Waals surface area contributed by atoms with Gasteiger partial charge in [-0.1, -0.05) is 6.07 Å². The van der Waals surface area contributed by atoms with Gasteiger partial charge in [0.1, 0.15) is 8.80 Å². The Morgan fingerprint density at radius 2 is 2.44 bits per heavy atom. The number of hydrogen-bond acceptors (Lipinski definition) is 3. The van der Waals surface area contributed by atoms with Gasteiger partial charge in [-0.3, -0.25) is 0 Å². The molecule has 86 valence electrons. The third kappa shape index (κ3) is 4.38. The summed E-state index contributed by atoms with van der Waals surface area (Å²) in [5, 5.41) is 17.9. The van der Waals surface area contributed by atoms with Gasteiger partial charge in [0.25, 0.3) is 5.96 Å². The number of halogens is 1. The molecule has 0 aliphatic heterocycles. The van der Waals surface area contributed by atoms with E-state index in [1.807, 2.05) is 12.1 Å². The average Bonchev–Trinajstić information content (AvgIpc) is 2.26. The van der Waals surface area contributed by atoms with Crippen LogP contribution in [0, 0.1) is 13.8 Å². The molecule has 0 amide bonds. The normalized spacial score (nSPS) is 11.0. The molecule has 0 unspecified atom stereocenters. The summed E-state index contributed by atoms with van der Waals surface area (Å²) in [5.41, 5.74) is 0.923. The van der Waals surface area contributed by atoms with E-state index in [0.717, 1.165) is 9.26 Å². The standard InChI is InChI=1S/C8H10IN5O2/c1-10-8(13-14(15)16)12-5-6-2-3-7(9)11-4-6/h2-4H,5H2,1H3,(H2,10,12,13). The van der Waals surface area contributed by atoms with Crippen LogP contribution in [-0.4, -0.2) is 23.0 Å². The fourth-order valence-electron chi connectivity index (χ4n) is 0.952. The smallest absolute Gasteiger partial charge is 0.268 e. The first-order valence-corrected chi connectivity index (χ1v) is 5.44. The van der Waals surface area contributed by atoms with E-state index in [1.54, 1.807) is 13.2 Å². The van der Waals surface area contributed by atoms with Crippen LogP contribution >= 0.6 is 22.6 Å². The predicted octanol–water partition coefficient (Wildman–Crippen LogP) is 0.543. The van der Waals surface area contributed by atoms with Crippen LogP contribution in [0.1, 0.15) is 5.56 Å². The number of hydrogen-bond donors (Lipinski definition) is 2. The monoisotopic (exact) mass is 335 g/mol. The quantitative estimate of drug-likeness (QED) is 0.210. The van der Waals surface area contributed by atoms with E-state index in [-0.39, 0.29) is 5.96 Å². The van der Waals surface area contributed by atoms with Crippen molar-refractivity contribution in [1.29, 1.82) is 0 Å². The molecular formula is C8H10IN5O2. The van der Waals surface area contributed by atoms with Gasteiger partial charge in [-0.15, -0.1) is 0 Å². The highest BCUT2D eigenvalue weighted by Gasteiger charge is 2.01. The number of guanidine groups is 1. The maximum absolute atomic E-state index is 10.1. The highest BCUT2D eigenvalue weighted by atomic mass is 127. The summed E-state index contributed by atoms with van der Waals surface area (Å²) in [6.07, 6.45) is 1.70.